The Morgan fingerprint density at radius 2 is 2.21 bits per heavy atom. The van der Waals surface area contributed by atoms with Crippen LogP contribution in [0.25, 0.3) is 16.3 Å². The van der Waals surface area contributed by atoms with E-state index in [1.807, 2.05) is 24.3 Å². The number of hydrogen-bond acceptors (Lipinski definition) is 5. The minimum absolute atomic E-state index is 0.0987. The molecule has 24 heavy (non-hydrogen) atoms. The van der Waals surface area contributed by atoms with Crippen molar-refractivity contribution in [2.75, 3.05) is 0 Å². The lowest BCUT2D eigenvalue weighted by molar-refractivity contribution is 0.257. The monoisotopic (exact) mass is 404 g/mol. The third-order valence-corrected chi connectivity index (χ3v) is 5.75. The molecule has 124 valence electrons. The van der Waals surface area contributed by atoms with Gasteiger partial charge in [-0.3, -0.25) is 0 Å². The van der Waals surface area contributed by atoms with Crippen LogP contribution in [0.3, 0.4) is 0 Å². The molecule has 1 unspecified atom stereocenters. The molecule has 0 spiro atoms. The Bertz CT molecular complexity index is 1010. The molecule has 0 radical (unpaired) electrons. The predicted octanol–water partition coefficient (Wildman–Crippen LogP) is 3.96. The third-order valence-electron chi connectivity index (χ3n) is 4.17. The van der Waals surface area contributed by atoms with Crippen LogP contribution >= 0.6 is 27.3 Å². The highest BCUT2D eigenvalue weighted by molar-refractivity contribution is 9.10. The summed E-state index contributed by atoms with van der Waals surface area (Å²) in [5.74, 6) is 1.23. The Labute approximate surface area is 151 Å². The Kier molecular flexibility index (Phi) is 4.10. The molecule has 0 saturated carbocycles. The molecule has 4 nitrogen and oxygen atoms in total. The minimum Gasteiger partial charge on any atom is -0.506 e. The van der Waals surface area contributed by atoms with Crippen molar-refractivity contribution in [3.63, 3.8) is 0 Å². The summed E-state index contributed by atoms with van der Waals surface area (Å²) < 4.78 is 8.31. The molecule has 0 fully saturated rings. The van der Waals surface area contributed by atoms with Crippen LogP contribution in [0.2, 0.25) is 0 Å². The molecule has 1 aliphatic rings. The zero-order valence-corrected chi connectivity index (χ0v) is 15.6. The number of phenols is 1. The number of nitrogens with zero attached hydrogens (tertiary/aromatic N) is 2. The fourth-order valence-electron chi connectivity index (χ4n) is 3.05. The Morgan fingerprint density at radius 3 is 2.96 bits per heavy atom. The lowest BCUT2D eigenvalue weighted by atomic mass is 10.2. The molecule has 0 bridgehead atoms. The van der Waals surface area contributed by atoms with Gasteiger partial charge in [0, 0.05) is 16.8 Å². The number of phenolic OH excluding ortho intramolecular Hbond substituents is 1. The first kappa shape index (κ1) is 15.7. The van der Waals surface area contributed by atoms with Gasteiger partial charge in [0.1, 0.15) is 22.3 Å². The zero-order chi connectivity index (χ0) is 16.7. The van der Waals surface area contributed by atoms with Crippen molar-refractivity contribution >= 4 is 43.6 Å². The summed E-state index contributed by atoms with van der Waals surface area (Å²) in [4.78, 5) is 7.18. The molecule has 6 heteroatoms. The number of halogens is 1. The predicted molar refractivity (Wildman–Crippen MR) is 99.4 cm³/mol. The van der Waals surface area contributed by atoms with Crippen molar-refractivity contribution in [2.45, 2.75) is 32.5 Å². The van der Waals surface area contributed by atoms with Gasteiger partial charge in [-0.1, -0.05) is 25.5 Å². The van der Waals surface area contributed by atoms with Gasteiger partial charge in [-0.25, -0.2) is 4.99 Å². The van der Waals surface area contributed by atoms with E-state index >= 15 is 0 Å². The molecule has 1 N–H and O–H groups in total. The molecule has 3 aromatic rings. The molecular formula is C18H17BrN2O2S. The summed E-state index contributed by atoms with van der Waals surface area (Å²) >= 11 is 4.92. The van der Waals surface area contributed by atoms with E-state index in [0.717, 1.165) is 43.2 Å². The smallest absolute Gasteiger partial charge is 0.169 e. The molecule has 1 aromatic carbocycles. The molecule has 1 aliphatic heterocycles. The van der Waals surface area contributed by atoms with E-state index in [1.165, 1.54) is 0 Å². The summed E-state index contributed by atoms with van der Waals surface area (Å²) in [5, 5.41) is 12.3. The first-order chi connectivity index (χ1) is 11.7. The molecular weight excluding hydrogens is 388 g/mol. The standard InChI is InChI=1S/C18H17BrN2O2S/c1-2-4-16-20-18-13(12-5-3-6-14(22)17(12)24-18)10-21(16)9-11-7-8-15(19)23-11/h3,5-8,10,16,22H,2,4,9H2,1H3. The van der Waals surface area contributed by atoms with Gasteiger partial charge in [-0.05, 0) is 40.5 Å². The molecule has 4 rings (SSSR count). The highest BCUT2D eigenvalue weighted by atomic mass is 79.9. The van der Waals surface area contributed by atoms with Crippen molar-refractivity contribution in [3.05, 3.63) is 50.7 Å². The quantitative estimate of drug-likeness (QED) is 0.715. The Hall–Kier alpha value is -1.79. The summed E-state index contributed by atoms with van der Waals surface area (Å²) in [6.07, 6.45) is 4.31. The van der Waals surface area contributed by atoms with Gasteiger partial charge in [-0.15, -0.1) is 11.3 Å². The third kappa shape index (κ3) is 2.74. The van der Waals surface area contributed by atoms with Gasteiger partial charge in [0.25, 0.3) is 0 Å². The largest absolute Gasteiger partial charge is 0.506 e. The van der Waals surface area contributed by atoms with E-state index in [1.54, 1.807) is 17.4 Å². The summed E-state index contributed by atoms with van der Waals surface area (Å²) in [6.45, 7) is 2.85. The normalized spacial score (nSPS) is 16.8. The molecule has 3 heterocycles. The van der Waals surface area contributed by atoms with Crippen molar-refractivity contribution in [1.82, 2.24) is 4.90 Å². The number of furan rings is 1. The van der Waals surface area contributed by atoms with Crippen LogP contribution in [0.1, 0.15) is 25.5 Å². The average molecular weight is 405 g/mol. The molecule has 0 amide bonds. The van der Waals surface area contributed by atoms with E-state index in [2.05, 4.69) is 34.0 Å². The van der Waals surface area contributed by atoms with E-state index in [4.69, 9.17) is 9.41 Å². The molecule has 0 aliphatic carbocycles. The van der Waals surface area contributed by atoms with E-state index in [9.17, 15) is 5.11 Å². The van der Waals surface area contributed by atoms with Crippen molar-refractivity contribution in [2.24, 2.45) is 4.99 Å². The second kappa shape index (κ2) is 6.26. The van der Waals surface area contributed by atoms with Crippen LogP contribution in [0.15, 0.2) is 44.4 Å². The first-order valence-corrected chi connectivity index (χ1v) is 9.57. The molecule has 2 aromatic heterocycles. The van der Waals surface area contributed by atoms with Gasteiger partial charge in [0.05, 0.1) is 11.2 Å². The number of thiophene rings is 1. The molecule has 0 saturated heterocycles. The number of rotatable bonds is 4. The van der Waals surface area contributed by atoms with Crippen LogP contribution in [0.4, 0.5) is 0 Å². The summed E-state index contributed by atoms with van der Waals surface area (Å²) in [5.41, 5.74) is 0. The van der Waals surface area contributed by atoms with Gasteiger partial charge in [-0.2, -0.15) is 0 Å². The maximum atomic E-state index is 10.1. The van der Waals surface area contributed by atoms with Gasteiger partial charge < -0.3 is 14.4 Å². The topological polar surface area (TPSA) is 49.0 Å². The van der Waals surface area contributed by atoms with Crippen LogP contribution < -0.4 is 9.89 Å². The zero-order valence-electron chi connectivity index (χ0n) is 13.2. The lowest BCUT2D eigenvalue weighted by Gasteiger charge is -2.28. The van der Waals surface area contributed by atoms with Crippen LogP contribution in [0, 0.1) is 0 Å². The summed E-state index contributed by atoms with van der Waals surface area (Å²) in [6, 6.07) is 9.54. The first-order valence-electron chi connectivity index (χ1n) is 7.96. The fourth-order valence-corrected chi connectivity index (χ4v) is 4.49. The van der Waals surface area contributed by atoms with Crippen LogP contribution in [-0.4, -0.2) is 16.2 Å². The van der Waals surface area contributed by atoms with E-state index in [-0.39, 0.29) is 6.17 Å². The highest BCUT2D eigenvalue weighted by Crippen LogP contribution is 2.26. The summed E-state index contributed by atoms with van der Waals surface area (Å²) in [7, 11) is 0. The van der Waals surface area contributed by atoms with Gasteiger partial charge >= 0.3 is 0 Å². The number of benzene rings is 1. The second-order valence-corrected chi connectivity index (χ2v) is 7.66. The average Bonchev–Trinajstić information content (AvgIpc) is 3.12. The van der Waals surface area contributed by atoms with Crippen LogP contribution in [0.5, 0.6) is 5.75 Å². The lowest BCUT2D eigenvalue weighted by Crippen LogP contribution is -2.39. The maximum Gasteiger partial charge on any atom is 0.169 e. The van der Waals surface area contributed by atoms with Gasteiger partial charge in [0.2, 0.25) is 0 Å². The van der Waals surface area contributed by atoms with Crippen molar-refractivity contribution in [3.8, 4) is 5.75 Å². The number of fused-ring (bicyclic) bond motifs is 3. The maximum absolute atomic E-state index is 10.1. The number of hydrogen-bond donors (Lipinski definition) is 1. The fraction of sp³-hybridized carbons (Fsp3) is 0.278. The van der Waals surface area contributed by atoms with Crippen LogP contribution in [-0.2, 0) is 6.54 Å². The van der Waals surface area contributed by atoms with Crippen molar-refractivity contribution < 1.29 is 9.52 Å². The minimum atomic E-state index is 0.0987. The van der Waals surface area contributed by atoms with Gasteiger partial charge in [0.15, 0.2) is 4.67 Å². The van der Waals surface area contributed by atoms with E-state index < -0.39 is 0 Å². The number of aromatic hydroxyl groups is 1. The SMILES string of the molecule is CCCC1N=c2sc3c(O)cccc3c2=CN1Cc1ccc(Br)o1. The second-order valence-electron chi connectivity index (χ2n) is 5.88. The highest BCUT2D eigenvalue weighted by Gasteiger charge is 2.20. The van der Waals surface area contributed by atoms with E-state index in [0.29, 0.717) is 12.3 Å². The van der Waals surface area contributed by atoms with Crippen molar-refractivity contribution in [1.29, 1.82) is 0 Å². The molecule has 1 atom stereocenters. The Morgan fingerprint density at radius 1 is 1.33 bits per heavy atom. The Balaban J connectivity index is 1.83.